The van der Waals surface area contributed by atoms with Crippen LogP contribution >= 0.6 is 24.2 Å². The number of amides is 2. The third kappa shape index (κ3) is 7.72. The van der Waals surface area contributed by atoms with E-state index in [1.807, 2.05) is 31.5 Å². The number of likely N-dealkylation sites (N-methyl/N-ethyl adjacent to an activating group) is 2. The zero-order valence-corrected chi connectivity index (χ0v) is 15.5. The molecule has 2 amide bonds. The number of hydrogen-bond acceptors (Lipinski definition) is 4. The molecule has 2 N–H and O–H groups in total. The monoisotopic (exact) mass is 359 g/mol. The maximum absolute atomic E-state index is 12.5. The second kappa shape index (κ2) is 12.2. The summed E-state index contributed by atoms with van der Waals surface area (Å²) in [7, 11) is 3.61. The lowest BCUT2D eigenvalue weighted by Gasteiger charge is -2.24. The molecule has 7 heteroatoms. The molecule has 0 aromatic heterocycles. The van der Waals surface area contributed by atoms with E-state index in [1.54, 1.807) is 35.8 Å². The molecular weight excluding hydrogens is 334 g/mol. The van der Waals surface area contributed by atoms with Crippen LogP contribution in [0.2, 0.25) is 0 Å². The summed E-state index contributed by atoms with van der Waals surface area (Å²) in [6, 6.07) is 8.49. The van der Waals surface area contributed by atoms with Crippen molar-refractivity contribution in [1.29, 1.82) is 0 Å². The molecule has 130 valence electrons. The summed E-state index contributed by atoms with van der Waals surface area (Å²) in [4.78, 5) is 26.4. The molecule has 1 aromatic carbocycles. The zero-order chi connectivity index (χ0) is 16.4. The lowest BCUT2D eigenvalue weighted by atomic mass is 10.1. The quantitative estimate of drug-likeness (QED) is 0.703. The highest BCUT2D eigenvalue weighted by Crippen LogP contribution is 2.06. The van der Waals surface area contributed by atoms with Crippen molar-refractivity contribution in [3.05, 3.63) is 35.9 Å². The van der Waals surface area contributed by atoms with E-state index in [-0.39, 0.29) is 24.2 Å². The Morgan fingerprint density at radius 1 is 1.26 bits per heavy atom. The summed E-state index contributed by atoms with van der Waals surface area (Å²) in [6.07, 6.45) is 2.62. The second-order valence-electron chi connectivity index (χ2n) is 5.04. The summed E-state index contributed by atoms with van der Waals surface area (Å²) in [5.41, 5.74) is 0.572. The lowest BCUT2D eigenvalue weighted by Crippen LogP contribution is -2.48. The van der Waals surface area contributed by atoms with Crippen molar-refractivity contribution in [2.75, 3.05) is 39.2 Å². The van der Waals surface area contributed by atoms with Crippen LogP contribution in [0.5, 0.6) is 0 Å². The first-order chi connectivity index (χ1) is 10.6. The van der Waals surface area contributed by atoms with Crippen LogP contribution in [0.15, 0.2) is 30.3 Å². The molecule has 0 saturated carbocycles. The first-order valence-electron chi connectivity index (χ1n) is 7.34. The summed E-state index contributed by atoms with van der Waals surface area (Å²) in [6.45, 7) is 1.34. The van der Waals surface area contributed by atoms with Gasteiger partial charge in [0, 0.05) is 25.7 Å². The maximum atomic E-state index is 12.5. The molecule has 1 atom stereocenters. The normalized spacial score (nSPS) is 11.3. The predicted octanol–water partition coefficient (Wildman–Crippen LogP) is 1.64. The molecule has 0 aliphatic carbocycles. The standard InChI is InChI=1S/C16H25N3O2S.ClH/c1-17-10-11-19(2)16(21)14(9-12-22-3)18-15(20)13-7-5-4-6-8-13;/h4-8,14,17H,9-12H2,1-3H3,(H,18,20);1H. The van der Waals surface area contributed by atoms with E-state index in [0.717, 1.165) is 12.3 Å². The Morgan fingerprint density at radius 2 is 1.91 bits per heavy atom. The maximum Gasteiger partial charge on any atom is 0.251 e. The molecule has 23 heavy (non-hydrogen) atoms. The molecule has 5 nitrogen and oxygen atoms in total. The van der Waals surface area contributed by atoms with Gasteiger partial charge in [-0.1, -0.05) is 18.2 Å². The molecule has 0 aliphatic rings. The largest absolute Gasteiger partial charge is 0.343 e. The van der Waals surface area contributed by atoms with Crippen molar-refractivity contribution >= 4 is 36.0 Å². The average molecular weight is 360 g/mol. The minimum absolute atomic E-state index is 0. The van der Waals surface area contributed by atoms with E-state index >= 15 is 0 Å². The first kappa shape index (κ1) is 21.8. The van der Waals surface area contributed by atoms with Crippen molar-refractivity contribution in [1.82, 2.24) is 15.5 Å². The number of halogens is 1. The SMILES string of the molecule is CNCCN(C)C(=O)C(CCSC)NC(=O)c1ccccc1.Cl. The van der Waals surface area contributed by atoms with E-state index in [1.165, 1.54) is 0 Å². The van der Waals surface area contributed by atoms with Crippen LogP contribution < -0.4 is 10.6 Å². The van der Waals surface area contributed by atoms with Crippen molar-refractivity contribution in [3.8, 4) is 0 Å². The highest BCUT2D eigenvalue weighted by atomic mass is 35.5. The van der Waals surface area contributed by atoms with E-state index in [0.29, 0.717) is 18.5 Å². The molecule has 0 bridgehead atoms. The number of hydrogen-bond donors (Lipinski definition) is 2. The van der Waals surface area contributed by atoms with Crippen molar-refractivity contribution in [2.24, 2.45) is 0 Å². The van der Waals surface area contributed by atoms with Gasteiger partial charge in [0.05, 0.1) is 0 Å². The Kier molecular flexibility index (Phi) is 11.6. The third-order valence-electron chi connectivity index (χ3n) is 3.32. The number of nitrogens with zero attached hydrogens (tertiary/aromatic N) is 1. The van der Waals surface area contributed by atoms with Gasteiger partial charge in [-0.05, 0) is 37.6 Å². The van der Waals surface area contributed by atoms with Crippen LogP contribution in [0.25, 0.3) is 0 Å². The summed E-state index contributed by atoms with van der Waals surface area (Å²) in [5, 5.41) is 5.88. The second-order valence-corrected chi connectivity index (χ2v) is 6.02. The van der Waals surface area contributed by atoms with Gasteiger partial charge >= 0.3 is 0 Å². The first-order valence-corrected chi connectivity index (χ1v) is 8.74. The molecule has 0 spiro atoms. The van der Waals surface area contributed by atoms with E-state index in [9.17, 15) is 9.59 Å². The topological polar surface area (TPSA) is 61.4 Å². The van der Waals surface area contributed by atoms with Gasteiger partial charge in [0.1, 0.15) is 6.04 Å². The fourth-order valence-corrected chi connectivity index (χ4v) is 2.45. The number of carbonyl (C=O) groups is 2. The number of nitrogens with one attached hydrogen (secondary N) is 2. The van der Waals surface area contributed by atoms with Gasteiger partial charge in [-0.2, -0.15) is 11.8 Å². The highest BCUT2D eigenvalue weighted by Gasteiger charge is 2.23. The summed E-state index contributed by atoms with van der Waals surface area (Å²) < 4.78 is 0. The molecular formula is C16H26ClN3O2S. The Hall–Kier alpha value is -1.24. The fraction of sp³-hybridized carbons (Fsp3) is 0.500. The zero-order valence-electron chi connectivity index (χ0n) is 13.9. The van der Waals surface area contributed by atoms with Crippen molar-refractivity contribution in [3.63, 3.8) is 0 Å². The van der Waals surface area contributed by atoms with Crippen LogP contribution in [0.3, 0.4) is 0 Å². The van der Waals surface area contributed by atoms with E-state index in [4.69, 9.17) is 0 Å². The van der Waals surface area contributed by atoms with Crippen LogP contribution in [-0.2, 0) is 4.79 Å². The Labute approximate surface area is 149 Å². The average Bonchev–Trinajstić information content (AvgIpc) is 2.56. The minimum Gasteiger partial charge on any atom is -0.343 e. The summed E-state index contributed by atoms with van der Waals surface area (Å²) >= 11 is 1.67. The molecule has 0 fully saturated rings. The number of carbonyl (C=O) groups excluding carboxylic acids is 2. The van der Waals surface area contributed by atoms with Crippen LogP contribution in [0.4, 0.5) is 0 Å². The van der Waals surface area contributed by atoms with Crippen LogP contribution in [0, 0.1) is 0 Å². The third-order valence-corrected chi connectivity index (χ3v) is 3.97. The highest BCUT2D eigenvalue weighted by molar-refractivity contribution is 7.98. The molecule has 1 rings (SSSR count). The minimum atomic E-state index is -0.484. The predicted molar refractivity (Wildman–Crippen MR) is 99.5 cm³/mol. The van der Waals surface area contributed by atoms with E-state index < -0.39 is 6.04 Å². The van der Waals surface area contributed by atoms with Gasteiger partial charge in [0.25, 0.3) is 5.91 Å². The Bertz CT molecular complexity index is 474. The van der Waals surface area contributed by atoms with E-state index in [2.05, 4.69) is 10.6 Å². The molecule has 1 aromatic rings. The number of thioether (sulfide) groups is 1. The van der Waals surface area contributed by atoms with Gasteiger partial charge in [0.15, 0.2) is 0 Å². The van der Waals surface area contributed by atoms with Gasteiger partial charge in [-0.3, -0.25) is 9.59 Å². The van der Waals surface area contributed by atoms with Gasteiger partial charge in [-0.15, -0.1) is 12.4 Å². The number of benzene rings is 1. The number of rotatable bonds is 9. The fourth-order valence-electron chi connectivity index (χ4n) is 1.98. The Morgan fingerprint density at radius 3 is 2.48 bits per heavy atom. The van der Waals surface area contributed by atoms with Crippen LogP contribution in [-0.4, -0.2) is 61.9 Å². The molecule has 1 unspecified atom stereocenters. The van der Waals surface area contributed by atoms with Crippen molar-refractivity contribution in [2.45, 2.75) is 12.5 Å². The smallest absolute Gasteiger partial charge is 0.251 e. The molecule has 0 aliphatic heterocycles. The molecule has 0 heterocycles. The van der Waals surface area contributed by atoms with Gasteiger partial charge < -0.3 is 15.5 Å². The van der Waals surface area contributed by atoms with Gasteiger partial charge in [0.2, 0.25) is 5.91 Å². The molecule has 0 radical (unpaired) electrons. The molecule has 0 saturated heterocycles. The van der Waals surface area contributed by atoms with Gasteiger partial charge in [-0.25, -0.2) is 0 Å². The Balaban J connectivity index is 0.00000484. The summed E-state index contributed by atoms with van der Waals surface area (Å²) in [5.74, 6) is 0.571. The lowest BCUT2D eigenvalue weighted by molar-refractivity contribution is -0.131. The van der Waals surface area contributed by atoms with Crippen LogP contribution in [0.1, 0.15) is 16.8 Å². The van der Waals surface area contributed by atoms with Crippen molar-refractivity contribution < 1.29 is 9.59 Å².